The lowest BCUT2D eigenvalue weighted by Crippen LogP contribution is -2.28. The molecule has 0 unspecified atom stereocenters. The fourth-order valence-electron chi connectivity index (χ4n) is 1.31. The molecule has 0 amide bonds. The minimum Gasteiger partial charge on any atom is -0.338 e. The van der Waals surface area contributed by atoms with E-state index in [1.807, 2.05) is 0 Å². The molecular weight excluding hydrogens is 226 g/mol. The van der Waals surface area contributed by atoms with Crippen LogP contribution < -0.4 is 16.6 Å². The Morgan fingerprint density at radius 2 is 2.29 bits per heavy atom. The van der Waals surface area contributed by atoms with Crippen molar-refractivity contribution in [3.05, 3.63) is 32.9 Å². The molecule has 0 spiro atoms. The van der Waals surface area contributed by atoms with Crippen molar-refractivity contribution in [2.24, 2.45) is 7.05 Å². The van der Waals surface area contributed by atoms with Crippen molar-refractivity contribution in [2.75, 3.05) is 7.05 Å². The van der Waals surface area contributed by atoms with E-state index in [1.54, 1.807) is 7.05 Å². The van der Waals surface area contributed by atoms with Gasteiger partial charge in [0.05, 0.1) is 6.54 Å². The van der Waals surface area contributed by atoms with E-state index >= 15 is 0 Å². The van der Waals surface area contributed by atoms with Gasteiger partial charge in [0.1, 0.15) is 5.56 Å². The highest BCUT2D eigenvalue weighted by Crippen LogP contribution is 2.08. The van der Waals surface area contributed by atoms with Crippen LogP contribution in [0, 0.1) is 0 Å². The molecule has 0 aliphatic carbocycles. The van der Waals surface area contributed by atoms with Gasteiger partial charge in [-0.25, -0.2) is 4.79 Å². The second-order valence-electron chi connectivity index (χ2n) is 3.46. The minimum absolute atomic E-state index is 0.159. The highest BCUT2D eigenvalue weighted by Gasteiger charge is 2.12. The highest BCUT2D eigenvalue weighted by molar-refractivity contribution is 5.50. The third-order valence-corrected chi connectivity index (χ3v) is 2.15. The monoisotopic (exact) mass is 237 g/mol. The first kappa shape index (κ1) is 11.3. The van der Waals surface area contributed by atoms with Crippen LogP contribution in [0.4, 0.5) is 0 Å². The summed E-state index contributed by atoms with van der Waals surface area (Å²) in [4.78, 5) is 28.9. The Hall–Kier alpha value is -2.22. The molecular formula is C9H11N5O3. The van der Waals surface area contributed by atoms with Crippen molar-refractivity contribution in [1.82, 2.24) is 25.0 Å². The van der Waals surface area contributed by atoms with Crippen molar-refractivity contribution >= 4 is 0 Å². The average Bonchev–Trinajstić information content (AvgIpc) is 2.72. The number of aromatic amines is 1. The van der Waals surface area contributed by atoms with E-state index in [-0.39, 0.29) is 11.4 Å². The van der Waals surface area contributed by atoms with E-state index in [4.69, 9.17) is 4.52 Å². The molecule has 0 aliphatic rings. The molecule has 0 aliphatic heterocycles. The zero-order valence-electron chi connectivity index (χ0n) is 9.35. The first-order valence-corrected chi connectivity index (χ1v) is 4.89. The number of rotatable bonds is 3. The van der Waals surface area contributed by atoms with Crippen molar-refractivity contribution in [2.45, 2.75) is 6.54 Å². The average molecular weight is 237 g/mol. The van der Waals surface area contributed by atoms with Crippen LogP contribution in [0.5, 0.6) is 0 Å². The van der Waals surface area contributed by atoms with Crippen molar-refractivity contribution < 1.29 is 4.52 Å². The Kier molecular flexibility index (Phi) is 2.88. The molecule has 2 rings (SSSR count). The first-order chi connectivity index (χ1) is 8.11. The molecule has 0 atom stereocenters. The summed E-state index contributed by atoms with van der Waals surface area (Å²) >= 11 is 0. The number of H-pyrrole nitrogens is 1. The van der Waals surface area contributed by atoms with Gasteiger partial charge in [0.25, 0.3) is 5.56 Å². The molecule has 0 fully saturated rings. The van der Waals surface area contributed by atoms with E-state index < -0.39 is 11.2 Å². The summed E-state index contributed by atoms with van der Waals surface area (Å²) < 4.78 is 6.16. The zero-order valence-corrected chi connectivity index (χ0v) is 9.35. The molecule has 0 aromatic carbocycles. The fraction of sp³-hybridized carbons (Fsp3) is 0.333. The lowest BCUT2D eigenvalue weighted by molar-refractivity contribution is 0.372. The van der Waals surface area contributed by atoms with Crippen LogP contribution in [0.25, 0.3) is 11.4 Å². The topological polar surface area (TPSA) is 106 Å². The number of hydrogen-bond acceptors (Lipinski definition) is 6. The summed E-state index contributed by atoms with van der Waals surface area (Å²) in [6, 6.07) is 0. The van der Waals surface area contributed by atoms with Crippen LogP contribution >= 0.6 is 0 Å². The normalized spacial score (nSPS) is 10.7. The van der Waals surface area contributed by atoms with Gasteiger partial charge in [-0.1, -0.05) is 5.16 Å². The molecule has 0 bridgehead atoms. The Bertz CT molecular complexity index is 639. The van der Waals surface area contributed by atoms with Gasteiger partial charge < -0.3 is 14.4 Å². The van der Waals surface area contributed by atoms with Gasteiger partial charge in [-0.05, 0) is 7.05 Å². The number of hydrogen-bond donors (Lipinski definition) is 2. The number of nitrogens with zero attached hydrogens (tertiary/aromatic N) is 3. The quantitative estimate of drug-likeness (QED) is 0.697. The lowest BCUT2D eigenvalue weighted by Gasteiger charge is -1.97. The molecule has 17 heavy (non-hydrogen) atoms. The van der Waals surface area contributed by atoms with Crippen LogP contribution in [-0.4, -0.2) is 26.7 Å². The summed E-state index contributed by atoms with van der Waals surface area (Å²) in [5, 5.41) is 6.52. The third-order valence-electron chi connectivity index (χ3n) is 2.15. The van der Waals surface area contributed by atoms with Gasteiger partial charge in [0.15, 0.2) is 0 Å². The molecule has 8 heteroatoms. The molecule has 0 saturated heterocycles. The van der Waals surface area contributed by atoms with Crippen LogP contribution in [0.3, 0.4) is 0 Å². The highest BCUT2D eigenvalue weighted by atomic mass is 16.5. The largest absolute Gasteiger partial charge is 0.338 e. The predicted octanol–water partition coefficient (Wildman–Crippen LogP) is -1.16. The number of nitrogens with one attached hydrogen (secondary N) is 2. The van der Waals surface area contributed by atoms with Crippen molar-refractivity contribution in [3.8, 4) is 11.4 Å². The Labute approximate surface area is 95.3 Å². The van der Waals surface area contributed by atoms with E-state index in [2.05, 4.69) is 20.4 Å². The summed E-state index contributed by atoms with van der Waals surface area (Å²) in [5.41, 5.74) is -0.833. The Morgan fingerprint density at radius 1 is 1.53 bits per heavy atom. The first-order valence-electron chi connectivity index (χ1n) is 4.89. The van der Waals surface area contributed by atoms with E-state index in [1.165, 1.54) is 17.8 Å². The van der Waals surface area contributed by atoms with E-state index in [0.717, 1.165) is 0 Å². The van der Waals surface area contributed by atoms with Crippen LogP contribution in [-0.2, 0) is 13.6 Å². The van der Waals surface area contributed by atoms with Gasteiger partial charge in [-0.15, -0.1) is 0 Å². The maximum atomic E-state index is 11.6. The molecule has 0 radical (unpaired) electrons. The summed E-state index contributed by atoms with van der Waals surface area (Å²) in [6.45, 7) is 0.413. The maximum Gasteiger partial charge on any atom is 0.328 e. The number of aromatic nitrogens is 4. The van der Waals surface area contributed by atoms with E-state index in [0.29, 0.717) is 12.4 Å². The molecule has 2 aromatic rings. The lowest BCUT2D eigenvalue weighted by atomic mass is 10.3. The fourth-order valence-corrected chi connectivity index (χ4v) is 1.31. The standard InChI is InChI=1S/C9H11N5O3/c1-10-3-6-11-7(13-17-6)5-4-14(2)9(16)12-8(5)15/h4,10H,3H2,1-2H3,(H,12,15,16). The molecule has 2 aromatic heterocycles. The van der Waals surface area contributed by atoms with Gasteiger partial charge in [-0.2, -0.15) is 4.98 Å². The second kappa shape index (κ2) is 4.34. The third kappa shape index (κ3) is 2.16. The summed E-state index contributed by atoms with van der Waals surface area (Å²) in [6.07, 6.45) is 1.37. The minimum atomic E-state index is -0.537. The molecule has 2 N–H and O–H groups in total. The van der Waals surface area contributed by atoms with Gasteiger partial charge >= 0.3 is 5.69 Å². The van der Waals surface area contributed by atoms with Crippen LogP contribution in [0.2, 0.25) is 0 Å². The Morgan fingerprint density at radius 3 is 3.00 bits per heavy atom. The molecule has 0 saturated carbocycles. The molecule has 90 valence electrons. The predicted molar refractivity (Wildman–Crippen MR) is 58.4 cm³/mol. The SMILES string of the molecule is CNCc1nc(-c2cn(C)c(=O)[nH]c2=O)no1. The van der Waals surface area contributed by atoms with Gasteiger partial charge in [0.2, 0.25) is 11.7 Å². The van der Waals surface area contributed by atoms with E-state index in [9.17, 15) is 9.59 Å². The van der Waals surface area contributed by atoms with Gasteiger partial charge in [-0.3, -0.25) is 9.78 Å². The van der Waals surface area contributed by atoms with Gasteiger partial charge in [0, 0.05) is 13.2 Å². The van der Waals surface area contributed by atoms with Crippen molar-refractivity contribution in [1.29, 1.82) is 0 Å². The number of aryl methyl sites for hydroxylation is 1. The van der Waals surface area contributed by atoms with Crippen LogP contribution in [0.1, 0.15) is 5.89 Å². The second-order valence-corrected chi connectivity index (χ2v) is 3.46. The summed E-state index contributed by atoms with van der Waals surface area (Å²) in [7, 11) is 3.26. The zero-order chi connectivity index (χ0) is 12.4. The van der Waals surface area contributed by atoms with Crippen LogP contribution in [0.15, 0.2) is 20.3 Å². The molecule has 8 nitrogen and oxygen atoms in total. The smallest absolute Gasteiger partial charge is 0.328 e. The maximum absolute atomic E-state index is 11.6. The molecule has 2 heterocycles. The Balaban J connectivity index is 2.49. The van der Waals surface area contributed by atoms with Crippen molar-refractivity contribution in [3.63, 3.8) is 0 Å². The summed E-state index contributed by atoms with van der Waals surface area (Å²) in [5.74, 6) is 0.530.